The molecule has 0 atom stereocenters. The summed E-state index contributed by atoms with van der Waals surface area (Å²) in [7, 11) is 0. The average molecular weight is 173 g/mol. The second-order valence-corrected chi connectivity index (χ2v) is 3.36. The number of fused-ring (bicyclic) bond motifs is 1. The van der Waals surface area contributed by atoms with Crippen molar-refractivity contribution in [1.29, 1.82) is 0 Å². The molecule has 0 saturated heterocycles. The highest BCUT2D eigenvalue weighted by molar-refractivity contribution is 5.73. The van der Waals surface area contributed by atoms with Gasteiger partial charge in [-0.25, -0.2) is 4.98 Å². The molecular formula is C10H11N3. The summed E-state index contributed by atoms with van der Waals surface area (Å²) in [5.41, 5.74) is 3.04. The highest BCUT2D eigenvalue weighted by Crippen LogP contribution is 2.17. The van der Waals surface area contributed by atoms with Crippen LogP contribution in [0.25, 0.3) is 11.0 Å². The first-order valence-electron chi connectivity index (χ1n) is 4.35. The van der Waals surface area contributed by atoms with Gasteiger partial charge in [0.15, 0.2) is 0 Å². The van der Waals surface area contributed by atoms with Gasteiger partial charge in [-0.15, -0.1) is 10.2 Å². The summed E-state index contributed by atoms with van der Waals surface area (Å²) < 4.78 is 0. The summed E-state index contributed by atoms with van der Waals surface area (Å²) >= 11 is 0. The quantitative estimate of drug-likeness (QED) is 0.663. The molecule has 0 aliphatic heterocycles. The number of aromatic nitrogens is 3. The Morgan fingerprint density at radius 1 is 1.15 bits per heavy atom. The van der Waals surface area contributed by atoms with E-state index in [9.17, 15) is 0 Å². The molecule has 0 bridgehead atoms. The molecule has 13 heavy (non-hydrogen) atoms. The molecule has 2 aromatic rings. The van der Waals surface area contributed by atoms with Crippen LogP contribution in [0.1, 0.15) is 25.3 Å². The van der Waals surface area contributed by atoms with Gasteiger partial charge in [0.1, 0.15) is 11.8 Å². The lowest BCUT2D eigenvalue weighted by Crippen LogP contribution is -1.91. The Balaban J connectivity index is 2.62. The maximum atomic E-state index is 4.11. The minimum atomic E-state index is 0.520. The monoisotopic (exact) mass is 173 g/mol. The Kier molecular flexibility index (Phi) is 1.93. The summed E-state index contributed by atoms with van der Waals surface area (Å²) in [5.74, 6) is 0.520. The smallest absolute Gasteiger partial charge is 0.138 e. The molecule has 0 aliphatic carbocycles. The number of rotatable bonds is 1. The predicted molar refractivity (Wildman–Crippen MR) is 51.4 cm³/mol. The van der Waals surface area contributed by atoms with Gasteiger partial charge >= 0.3 is 0 Å². The van der Waals surface area contributed by atoms with Crippen LogP contribution >= 0.6 is 0 Å². The summed E-state index contributed by atoms with van der Waals surface area (Å²) in [4.78, 5) is 4.11. The van der Waals surface area contributed by atoms with Crippen molar-refractivity contribution in [2.24, 2.45) is 0 Å². The van der Waals surface area contributed by atoms with E-state index in [1.54, 1.807) is 0 Å². The molecule has 3 heteroatoms. The van der Waals surface area contributed by atoms with Gasteiger partial charge in [0.05, 0.1) is 5.52 Å². The normalized spacial score (nSPS) is 11.0. The lowest BCUT2D eigenvalue weighted by molar-refractivity contribution is 0.866. The zero-order chi connectivity index (χ0) is 9.26. The molecule has 0 aliphatic rings. The Morgan fingerprint density at radius 3 is 2.77 bits per heavy atom. The molecule has 2 rings (SSSR count). The zero-order valence-corrected chi connectivity index (χ0v) is 7.73. The van der Waals surface area contributed by atoms with Gasteiger partial charge in [0.25, 0.3) is 0 Å². The number of hydrogen-bond acceptors (Lipinski definition) is 3. The minimum absolute atomic E-state index is 0.520. The molecule has 1 aromatic carbocycles. The average Bonchev–Trinajstić information content (AvgIpc) is 2.17. The molecule has 0 fully saturated rings. The van der Waals surface area contributed by atoms with Crippen LogP contribution in [0.4, 0.5) is 0 Å². The van der Waals surface area contributed by atoms with Gasteiger partial charge in [-0.1, -0.05) is 19.9 Å². The Labute approximate surface area is 76.8 Å². The lowest BCUT2D eigenvalue weighted by atomic mass is 10.0. The van der Waals surface area contributed by atoms with E-state index >= 15 is 0 Å². The van der Waals surface area contributed by atoms with E-state index < -0.39 is 0 Å². The van der Waals surface area contributed by atoms with Crippen LogP contribution < -0.4 is 0 Å². The van der Waals surface area contributed by atoms with Crippen molar-refractivity contribution >= 4 is 11.0 Å². The molecular weight excluding hydrogens is 162 g/mol. The zero-order valence-electron chi connectivity index (χ0n) is 7.73. The molecule has 1 heterocycles. The van der Waals surface area contributed by atoms with Crippen molar-refractivity contribution in [2.45, 2.75) is 19.8 Å². The van der Waals surface area contributed by atoms with Crippen LogP contribution in [0, 0.1) is 0 Å². The van der Waals surface area contributed by atoms with Crippen molar-refractivity contribution in [1.82, 2.24) is 15.2 Å². The molecule has 0 N–H and O–H groups in total. The second-order valence-electron chi connectivity index (χ2n) is 3.36. The highest BCUT2D eigenvalue weighted by Gasteiger charge is 2.01. The molecule has 3 nitrogen and oxygen atoms in total. The second kappa shape index (κ2) is 3.09. The fourth-order valence-corrected chi connectivity index (χ4v) is 1.26. The summed E-state index contributed by atoms with van der Waals surface area (Å²) in [5, 5.41) is 7.76. The van der Waals surface area contributed by atoms with E-state index in [4.69, 9.17) is 0 Å². The molecule has 66 valence electrons. The van der Waals surface area contributed by atoms with E-state index in [1.807, 2.05) is 12.1 Å². The fraction of sp³-hybridized carbons (Fsp3) is 0.300. The van der Waals surface area contributed by atoms with Crippen molar-refractivity contribution in [3.8, 4) is 0 Å². The molecule has 0 unspecified atom stereocenters. The van der Waals surface area contributed by atoms with Crippen LogP contribution in [-0.2, 0) is 0 Å². The van der Waals surface area contributed by atoms with Crippen molar-refractivity contribution < 1.29 is 0 Å². The number of benzene rings is 1. The predicted octanol–water partition coefficient (Wildman–Crippen LogP) is 2.15. The number of nitrogens with zero attached hydrogens (tertiary/aromatic N) is 3. The standard InChI is InChI=1S/C10H11N3/c1-7(2)8-3-4-9-10(5-8)13-12-6-11-9/h3-7H,1-2H3. The van der Waals surface area contributed by atoms with Gasteiger partial charge in [0, 0.05) is 0 Å². The Bertz CT molecular complexity index is 423. The van der Waals surface area contributed by atoms with Gasteiger partial charge in [0.2, 0.25) is 0 Å². The van der Waals surface area contributed by atoms with E-state index in [2.05, 4.69) is 35.1 Å². The van der Waals surface area contributed by atoms with Crippen LogP contribution in [0.2, 0.25) is 0 Å². The molecule has 0 spiro atoms. The number of hydrogen-bond donors (Lipinski definition) is 0. The Morgan fingerprint density at radius 2 is 2.00 bits per heavy atom. The van der Waals surface area contributed by atoms with Crippen LogP contribution in [-0.4, -0.2) is 15.2 Å². The summed E-state index contributed by atoms with van der Waals surface area (Å²) in [6.07, 6.45) is 1.47. The van der Waals surface area contributed by atoms with Gasteiger partial charge < -0.3 is 0 Å². The molecule has 1 aromatic heterocycles. The summed E-state index contributed by atoms with van der Waals surface area (Å²) in [6.45, 7) is 4.32. The van der Waals surface area contributed by atoms with Crippen molar-refractivity contribution in [3.05, 3.63) is 30.1 Å². The first kappa shape index (κ1) is 8.10. The molecule has 0 radical (unpaired) electrons. The van der Waals surface area contributed by atoms with Crippen molar-refractivity contribution in [2.75, 3.05) is 0 Å². The third-order valence-corrected chi connectivity index (χ3v) is 2.08. The molecule has 0 saturated carbocycles. The SMILES string of the molecule is CC(C)c1ccc2ncnnc2c1. The van der Waals surface area contributed by atoms with Crippen LogP contribution in [0.5, 0.6) is 0 Å². The van der Waals surface area contributed by atoms with Crippen molar-refractivity contribution in [3.63, 3.8) is 0 Å². The van der Waals surface area contributed by atoms with Gasteiger partial charge in [-0.05, 0) is 23.6 Å². The van der Waals surface area contributed by atoms with E-state index in [0.29, 0.717) is 5.92 Å². The van der Waals surface area contributed by atoms with Crippen LogP contribution in [0.3, 0.4) is 0 Å². The maximum absolute atomic E-state index is 4.11. The topological polar surface area (TPSA) is 38.7 Å². The van der Waals surface area contributed by atoms with E-state index in [-0.39, 0.29) is 0 Å². The maximum Gasteiger partial charge on any atom is 0.138 e. The summed E-state index contributed by atoms with van der Waals surface area (Å²) in [6, 6.07) is 6.11. The van der Waals surface area contributed by atoms with Gasteiger partial charge in [-0.3, -0.25) is 0 Å². The first-order valence-corrected chi connectivity index (χ1v) is 4.35. The third-order valence-electron chi connectivity index (χ3n) is 2.08. The first-order chi connectivity index (χ1) is 6.27. The Hall–Kier alpha value is -1.51. The lowest BCUT2D eigenvalue weighted by Gasteiger charge is -2.04. The van der Waals surface area contributed by atoms with E-state index in [1.165, 1.54) is 11.9 Å². The largest absolute Gasteiger partial charge is 0.233 e. The highest BCUT2D eigenvalue weighted by atomic mass is 15.1. The third kappa shape index (κ3) is 1.49. The van der Waals surface area contributed by atoms with Gasteiger partial charge in [-0.2, -0.15) is 0 Å². The minimum Gasteiger partial charge on any atom is -0.233 e. The molecule has 0 amide bonds. The van der Waals surface area contributed by atoms with Crippen LogP contribution in [0.15, 0.2) is 24.5 Å². The van der Waals surface area contributed by atoms with E-state index in [0.717, 1.165) is 11.0 Å². The fourth-order valence-electron chi connectivity index (χ4n) is 1.26.